The first kappa shape index (κ1) is 17.9. The van der Waals surface area contributed by atoms with Crippen LogP contribution in [-0.4, -0.2) is 38.8 Å². The first-order chi connectivity index (χ1) is 12.2. The molecule has 0 saturated carbocycles. The van der Waals surface area contributed by atoms with Crippen LogP contribution in [0.3, 0.4) is 0 Å². The standard InChI is InChI=1S/C20H23ClN2O2/c21-18-8-6-16(7-9-18)14-20(24)22-19(17-4-2-1-3-5-17)15-23-10-12-25-13-11-23/h1-9,19H,10-15H2,(H,22,24)/p+1/t19-/m0/s1. The summed E-state index contributed by atoms with van der Waals surface area (Å²) >= 11 is 5.91. The number of hydrogen-bond donors (Lipinski definition) is 2. The number of carbonyl (C=O) groups is 1. The second-order valence-corrected chi connectivity index (χ2v) is 6.84. The molecule has 1 fully saturated rings. The molecule has 2 aromatic carbocycles. The van der Waals surface area contributed by atoms with E-state index in [1.54, 1.807) is 0 Å². The van der Waals surface area contributed by atoms with Gasteiger partial charge in [-0.3, -0.25) is 4.79 Å². The summed E-state index contributed by atoms with van der Waals surface area (Å²) in [6.45, 7) is 4.41. The fraction of sp³-hybridized carbons (Fsp3) is 0.350. The molecule has 1 heterocycles. The lowest BCUT2D eigenvalue weighted by Gasteiger charge is -2.28. The quantitative estimate of drug-likeness (QED) is 0.823. The molecule has 0 radical (unpaired) electrons. The minimum atomic E-state index is 0.00843. The smallest absolute Gasteiger partial charge is 0.225 e. The first-order valence-electron chi connectivity index (χ1n) is 8.71. The highest BCUT2D eigenvalue weighted by Crippen LogP contribution is 2.13. The number of amides is 1. The van der Waals surface area contributed by atoms with Crippen molar-refractivity contribution in [2.75, 3.05) is 32.8 Å². The highest BCUT2D eigenvalue weighted by molar-refractivity contribution is 6.30. The molecule has 0 bridgehead atoms. The molecular weight excluding hydrogens is 336 g/mol. The maximum Gasteiger partial charge on any atom is 0.225 e. The molecule has 5 heteroatoms. The Morgan fingerprint density at radius 3 is 2.44 bits per heavy atom. The van der Waals surface area contributed by atoms with Gasteiger partial charge in [0.15, 0.2) is 0 Å². The largest absolute Gasteiger partial charge is 0.370 e. The van der Waals surface area contributed by atoms with Gasteiger partial charge in [0.05, 0.1) is 19.6 Å². The number of nitrogens with one attached hydrogen (secondary N) is 2. The summed E-state index contributed by atoms with van der Waals surface area (Å²) in [5, 5.41) is 3.89. The van der Waals surface area contributed by atoms with E-state index < -0.39 is 0 Å². The molecule has 0 spiro atoms. The molecule has 0 aliphatic carbocycles. The van der Waals surface area contributed by atoms with Crippen molar-refractivity contribution in [1.82, 2.24) is 5.32 Å². The lowest BCUT2D eigenvalue weighted by molar-refractivity contribution is -0.909. The molecule has 3 rings (SSSR count). The minimum absolute atomic E-state index is 0.00843. The number of carbonyl (C=O) groups excluding carboxylic acids is 1. The molecule has 4 nitrogen and oxygen atoms in total. The van der Waals surface area contributed by atoms with Crippen LogP contribution in [0.15, 0.2) is 54.6 Å². The Bertz CT molecular complexity index is 670. The van der Waals surface area contributed by atoms with Crippen LogP contribution < -0.4 is 10.2 Å². The predicted molar refractivity (Wildman–Crippen MR) is 98.9 cm³/mol. The normalized spacial score (nSPS) is 16.4. The topological polar surface area (TPSA) is 42.8 Å². The van der Waals surface area contributed by atoms with Crippen molar-refractivity contribution in [3.05, 3.63) is 70.7 Å². The number of hydrogen-bond acceptors (Lipinski definition) is 2. The van der Waals surface area contributed by atoms with Crippen molar-refractivity contribution in [2.24, 2.45) is 0 Å². The van der Waals surface area contributed by atoms with Gasteiger partial charge in [-0.25, -0.2) is 0 Å². The Hall–Kier alpha value is -1.88. The number of benzene rings is 2. The molecule has 25 heavy (non-hydrogen) atoms. The Balaban J connectivity index is 1.65. The maximum atomic E-state index is 12.5. The van der Waals surface area contributed by atoms with Gasteiger partial charge >= 0.3 is 0 Å². The molecule has 132 valence electrons. The van der Waals surface area contributed by atoms with Crippen LogP contribution in [0, 0.1) is 0 Å². The van der Waals surface area contributed by atoms with Crippen LogP contribution in [0.2, 0.25) is 5.02 Å². The third-order valence-corrected chi connectivity index (χ3v) is 4.76. The van der Waals surface area contributed by atoms with E-state index in [0.717, 1.165) is 44.0 Å². The SMILES string of the molecule is O=C(Cc1ccc(Cl)cc1)N[C@@H](C[NH+]1CCOCC1)c1ccccc1. The van der Waals surface area contributed by atoms with Crippen LogP contribution in [0.5, 0.6) is 0 Å². The molecule has 1 atom stereocenters. The van der Waals surface area contributed by atoms with Gasteiger partial charge in [-0.15, -0.1) is 0 Å². The molecule has 0 aromatic heterocycles. The second kappa shape index (κ2) is 8.99. The van der Waals surface area contributed by atoms with Crippen molar-refractivity contribution in [1.29, 1.82) is 0 Å². The summed E-state index contributed by atoms with van der Waals surface area (Å²) in [5.74, 6) is 0.0313. The highest BCUT2D eigenvalue weighted by Gasteiger charge is 2.22. The van der Waals surface area contributed by atoms with E-state index in [9.17, 15) is 4.79 Å². The van der Waals surface area contributed by atoms with Gasteiger partial charge in [0.25, 0.3) is 0 Å². The summed E-state index contributed by atoms with van der Waals surface area (Å²) < 4.78 is 5.44. The van der Waals surface area contributed by atoms with Gasteiger partial charge in [0.1, 0.15) is 25.7 Å². The minimum Gasteiger partial charge on any atom is -0.370 e. The average Bonchev–Trinajstić information content (AvgIpc) is 2.65. The molecule has 0 unspecified atom stereocenters. The Labute approximate surface area is 153 Å². The van der Waals surface area contributed by atoms with Crippen molar-refractivity contribution in [3.63, 3.8) is 0 Å². The molecule has 1 amide bonds. The van der Waals surface area contributed by atoms with Gasteiger partial charge in [0, 0.05) is 5.02 Å². The Kier molecular flexibility index (Phi) is 6.45. The number of ether oxygens (including phenoxy) is 1. The van der Waals surface area contributed by atoms with Gasteiger partial charge in [0.2, 0.25) is 5.91 Å². The zero-order valence-electron chi connectivity index (χ0n) is 14.2. The fourth-order valence-electron chi connectivity index (χ4n) is 3.12. The third kappa shape index (κ3) is 5.56. The van der Waals surface area contributed by atoms with Gasteiger partial charge in [-0.2, -0.15) is 0 Å². The zero-order valence-corrected chi connectivity index (χ0v) is 15.0. The number of halogens is 1. The predicted octanol–water partition coefficient (Wildman–Crippen LogP) is 1.66. The van der Waals surface area contributed by atoms with Crippen LogP contribution >= 0.6 is 11.6 Å². The van der Waals surface area contributed by atoms with E-state index >= 15 is 0 Å². The van der Waals surface area contributed by atoms with Crippen molar-refractivity contribution in [3.8, 4) is 0 Å². The molecule has 1 saturated heterocycles. The fourth-order valence-corrected chi connectivity index (χ4v) is 3.25. The van der Waals surface area contributed by atoms with E-state index in [1.807, 2.05) is 42.5 Å². The van der Waals surface area contributed by atoms with Crippen molar-refractivity contribution >= 4 is 17.5 Å². The third-order valence-electron chi connectivity index (χ3n) is 4.51. The van der Waals surface area contributed by atoms with Crippen LogP contribution in [0.4, 0.5) is 0 Å². The van der Waals surface area contributed by atoms with Crippen molar-refractivity contribution in [2.45, 2.75) is 12.5 Å². The van der Waals surface area contributed by atoms with E-state index in [4.69, 9.17) is 16.3 Å². The lowest BCUT2D eigenvalue weighted by atomic mass is 10.1. The van der Waals surface area contributed by atoms with Crippen LogP contribution in [0.1, 0.15) is 17.2 Å². The zero-order chi connectivity index (χ0) is 17.5. The maximum absolute atomic E-state index is 12.5. The van der Waals surface area contributed by atoms with Gasteiger partial charge < -0.3 is 15.0 Å². The second-order valence-electron chi connectivity index (χ2n) is 6.40. The number of rotatable bonds is 6. The molecule has 2 N–H and O–H groups in total. The van der Waals surface area contributed by atoms with Crippen LogP contribution in [0.25, 0.3) is 0 Å². The van der Waals surface area contributed by atoms with E-state index in [0.29, 0.717) is 11.4 Å². The Morgan fingerprint density at radius 1 is 1.08 bits per heavy atom. The lowest BCUT2D eigenvalue weighted by Crippen LogP contribution is -3.14. The van der Waals surface area contributed by atoms with Gasteiger partial charge in [-0.05, 0) is 23.3 Å². The van der Waals surface area contributed by atoms with Gasteiger partial charge in [-0.1, -0.05) is 54.1 Å². The summed E-state index contributed by atoms with van der Waals surface area (Å²) in [5.41, 5.74) is 2.11. The molecule has 1 aliphatic rings. The first-order valence-corrected chi connectivity index (χ1v) is 9.08. The summed E-state index contributed by atoms with van der Waals surface area (Å²) in [6, 6.07) is 17.6. The number of quaternary nitrogens is 1. The van der Waals surface area contributed by atoms with Crippen molar-refractivity contribution < 1.29 is 14.4 Å². The Morgan fingerprint density at radius 2 is 1.76 bits per heavy atom. The summed E-state index contributed by atoms with van der Waals surface area (Å²) in [7, 11) is 0. The monoisotopic (exact) mass is 359 g/mol. The molecule has 1 aliphatic heterocycles. The number of morpholine rings is 1. The summed E-state index contributed by atoms with van der Waals surface area (Å²) in [6.07, 6.45) is 0.360. The molecule has 2 aromatic rings. The summed E-state index contributed by atoms with van der Waals surface area (Å²) in [4.78, 5) is 14.0. The molecular formula is C20H24ClN2O2+. The van der Waals surface area contributed by atoms with Crippen LogP contribution in [-0.2, 0) is 16.0 Å². The van der Waals surface area contributed by atoms with E-state index in [1.165, 1.54) is 4.90 Å². The highest BCUT2D eigenvalue weighted by atomic mass is 35.5. The average molecular weight is 360 g/mol. The van der Waals surface area contributed by atoms with E-state index in [2.05, 4.69) is 17.4 Å². The van der Waals surface area contributed by atoms with E-state index in [-0.39, 0.29) is 11.9 Å².